The maximum atomic E-state index is 12.2. The number of carbonyl (C=O) groups excluding carboxylic acids is 4. The van der Waals surface area contributed by atoms with Crippen LogP contribution in [-0.2, 0) is 23.8 Å². The molecule has 2 aliphatic carbocycles. The normalized spacial score (nSPS) is 22.1. The molecule has 1 aromatic rings. The molecule has 8 heteroatoms. The molecule has 0 aliphatic heterocycles. The summed E-state index contributed by atoms with van der Waals surface area (Å²) in [6.45, 7) is -0.470. The Balaban J connectivity index is 1.57. The Bertz CT molecular complexity index is 819. The van der Waals surface area contributed by atoms with Crippen molar-refractivity contribution in [3.05, 3.63) is 29.3 Å². The SMILES string of the molecule is COC(=O)c1ccc(C(=O)OC)c(NC(=O)COC(=O)C[C@H]2C[C@H]3CC[C@H]2C3)c1. The Morgan fingerprint density at radius 3 is 2.41 bits per heavy atom. The molecule has 0 aromatic heterocycles. The average molecular weight is 403 g/mol. The summed E-state index contributed by atoms with van der Waals surface area (Å²) in [5.41, 5.74) is 0.305. The van der Waals surface area contributed by atoms with Crippen molar-refractivity contribution in [1.82, 2.24) is 0 Å². The van der Waals surface area contributed by atoms with E-state index >= 15 is 0 Å². The van der Waals surface area contributed by atoms with Crippen molar-refractivity contribution in [2.45, 2.75) is 32.1 Å². The molecule has 1 N–H and O–H groups in total. The molecule has 0 saturated heterocycles. The predicted octanol–water partition coefficient (Wildman–Crippen LogP) is 2.57. The third-order valence-corrected chi connectivity index (χ3v) is 5.80. The van der Waals surface area contributed by atoms with E-state index in [4.69, 9.17) is 9.47 Å². The number of benzene rings is 1. The second-order valence-electron chi connectivity index (χ2n) is 7.59. The van der Waals surface area contributed by atoms with E-state index < -0.39 is 30.4 Å². The molecule has 2 saturated carbocycles. The Morgan fingerprint density at radius 1 is 1.03 bits per heavy atom. The average Bonchev–Trinajstić information content (AvgIpc) is 3.34. The topological polar surface area (TPSA) is 108 Å². The van der Waals surface area contributed by atoms with Crippen LogP contribution in [0.1, 0.15) is 52.8 Å². The van der Waals surface area contributed by atoms with Gasteiger partial charge in [0.1, 0.15) is 0 Å². The minimum absolute atomic E-state index is 0.0711. The quantitative estimate of drug-likeness (QED) is 0.551. The number of nitrogens with one attached hydrogen (secondary N) is 1. The molecule has 156 valence electrons. The first-order chi connectivity index (χ1) is 13.9. The highest BCUT2D eigenvalue weighted by atomic mass is 16.5. The summed E-state index contributed by atoms with van der Waals surface area (Å²) in [6, 6.07) is 4.06. The fourth-order valence-electron chi connectivity index (χ4n) is 4.41. The van der Waals surface area contributed by atoms with E-state index in [1.54, 1.807) is 0 Å². The number of anilines is 1. The van der Waals surface area contributed by atoms with Crippen LogP contribution in [0.25, 0.3) is 0 Å². The number of amides is 1. The first kappa shape index (κ1) is 20.8. The highest BCUT2D eigenvalue weighted by Crippen LogP contribution is 2.49. The third kappa shape index (κ3) is 4.93. The molecule has 3 rings (SSSR count). The van der Waals surface area contributed by atoms with Gasteiger partial charge in [-0.05, 0) is 55.2 Å². The van der Waals surface area contributed by atoms with Crippen LogP contribution in [0.5, 0.6) is 0 Å². The Hall–Kier alpha value is -2.90. The molecule has 0 heterocycles. The van der Waals surface area contributed by atoms with E-state index in [9.17, 15) is 19.2 Å². The molecule has 2 aliphatic rings. The second kappa shape index (κ2) is 9.07. The summed E-state index contributed by atoms with van der Waals surface area (Å²) < 4.78 is 14.5. The van der Waals surface area contributed by atoms with E-state index in [1.165, 1.54) is 51.7 Å². The largest absolute Gasteiger partial charge is 0.465 e. The molecule has 0 radical (unpaired) electrons. The lowest BCUT2D eigenvalue weighted by Gasteiger charge is -2.20. The van der Waals surface area contributed by atoms with Gasteiger partial charge >= 0.3 is 17.9 Å². The Morgan fingerprint density at radius 2 is 1.79 bits per heavy atom. The monoisotopic (exact) mass is 403 g/mol. The number of ether oxygens (including phenoxy) is 3. The Kier molecular flexibility index (Phi) is 6.51. The molecule has 29 heavy (non-hydrogen) atoms. The van der Waals surface area contributed by atoms with E-state index in [1.807, 2.05) is 0 Å². The van der Waals surface area contributed by atoms with Crippen LogP contribution >= 0.6 is 0 Å². The highest BCUT2D eigenvalue weighted by molar-refractivity contribution is 6.04. The lowest BCUT2D eigenvalue weighted by Crippen LogP contribution is -2.24. The summed E-state index contributed by atoms with van der Waals surface area (Å²) in [6.07, 6.45) is 5.03. The zero-order valence-corrected chi connectivity index (χ0v) is 16.6. The fourth-order valence-corrected chi connectivity index (χ4v) is 4.41. The molecule has 1 aromatic carbocycles. The van der Waals surface area contributed by atoms with Gasteiger partial charge in [-0.15, -0.1) is 0 Å². The summed E-state index contributed by atoms with van der Waals surface area (Å²) in [5.74, 6) is -0.608. The van der Waals surface area contributed by atoms with Crippen LogP contribution < -0.4 is 5.32 Å². The fraction of sp³-hybridized carbons (Fsp3) is 0.524. The summed E-state index contributed by atoms with van der Waals surface area (Å²) in [4.78, 5) is 48.0. The van der Waals surface area contributed by atoms with Crippen molar-refractivity contribution in [3.8, 4) is 0 Å². The number of rotatable bonds is 7. The molecular weight excluding hydrogens is 378 g/mol. The standard InChI is InChI=1S/C21H25NO7/c1-27-20(25)14-5-6-16(21(26)28-2)17(9-14)22-18(23)11-29-19(24)10-15-8-12-3-4-13(15)7-12/h5-6,9,12-13,15H,3-4,7-8,10-11H2,1-2H3,(H,22,23)/t12-,13-,15+/m0/s1. The van der Waals surface area contributed by atoms with Crippen molar-refractivity contribution < 1.29 is 33.4 Å². The van der Waals surface area contributed by atoms with Crippen LogP contribution in [0.4, 0.5) is 5.69 Å². The maximum Gasteiger partial charge on any atom is 0.339 e. The summed E-state index contributed by atoms with van der Waals surface area (Å²) >= 11 is 0. The molecule has 2 bridgehead atoms. The number of carbonyl (C=O) groups is 4. The highest BCUT2D eigenvalue weighted by Gasteiger charge is 2.40. The molecule has 0 unspecified atom stereocenters. The zero-order valence-electron chi connectivity index (χ0n) is 16.6. The molecule has 2 fully saturated rings. The van der Waals surface area contributed by atoms with Gasteiger partial charge in [0, 0.05) is 6.42 Å². The first-order valence-corrected chi connectivity index (χ1v) is 9.67. The van der Waals surface area contributed by atoms with Gasteiger partial charge in [0.25, 0.3) is 5.91 Å². The number of hydrogen-bond donors (Lipinski definition) is 1. The maximum absolute atomic E-state index is 12.2. The number of hydrogen-bond acceptors (Lipinski definition) is 7. The van der Waals surface area contributed by atoms with Gasteiger partial charge in [0.05, 0.1) is 31.0 Å². The van der Waals surface area contributed by atoms with Crippen LogP contribution in [-0.4, -0.2) is 44.6 Å². The van der Waals surface area contributed by atoms with E-state index in [2.05, 4.69) is 10.1 Å². The molecule has 0 spiro atoms. The number of methoxy groups -OCH3 is 2. The number of fused-ring (bicyclic) bond motifs is 2. The van der Waals surface area contributed by atoms with E-state index in [0.717, 1.165) is 12.3 Å². The second-order valence-corrected chi connectivity index (χ2v) is 7.59. The van der Waals surface area contributed by atoms with Crippen LogP contribution in [0, 0.1) is 17.8 Å². The minimum Gasteiger partial charge on any atom is -0.465 e. The molecule has 8 nitrogen and oxygen atoms in total. The third-order valence-electron chi connectivity index (χ3n) is 5.80. The molecular formula is C21H25NO7. The smallest absolute Gasteiger partial charge is 0.339 e. The van der Waals surface area contributed by atoms with Gasteiger partial charge in [-0.3, -0.25) is 9.59 Å². The van der Waals surface area contributed by atoms with Crippen LogP contribution in [0.15, 0.2) is 18.2 Å². The van der Waals surface area contributed by atoms with Crippen LogP contribution in [0.2, 0.25) is 0 Å². The van der Waals surface area contributed by atoms with Crippen molar-refractivity contribution in [1.29, 1.82) is 0 Å². The summed E-state index contributed by atoms with van der Waals surface area (Å²) in [5, 5.41) is 2.50. The first-order valence-electron chi connectivity index (χ1n) is 9.67. The lowest BCUT2D eigenvalue weighted by molar-refractivity contribution is -0.148. The number of esters is 3. The van der Waals surface area contributed by atoms with E-state index in [-0.39, 0.29) is 16.8 Å². The minimum atomic E-state index is -0.676. The van der Waals surface area contributed by atoms with Gasteiger partial charge in [0.2, 0.25) is 0 Å². The molecule has 1 amide bonds. The van der Waals surface area contributed by atoms with Crippen molar-refractivity contribution >= 4 is 29.5 Å². The van der Waals surface area contributed by atoms with Crippen molar-refractivity contribution in [2.24, 2.45) is 17.8 Å². The van der Waals surface area contributed by atoms with Crippen LogP contribution in [0.3, 0.4) is 0 Å². The van der Waals surface area contributed by atoms with Gasteiger partial charge < -0.3 is 19.5 Å². The van der Waals surface area contributed by atoms with Crippen molar-refractivity contribution in [2.75, 3.05) is 26.1 Å². The predicted molar refractivity (Wildman–Crippen MR) is 102 cm³/mol. The zero-order chi connectivity index (χ0) is 21.0. The van der Waals surface area contributed by atoms with E-state index in [0.29, 0.717) is 18.3 Å². The van der Waals surface area contributed by atoms with Gasteiger partial charge in [0.15, 0.2) is 6.61 Å². The molecule has 3 atom stereocenters. The Labute approximate surface area is 168 Å². The van der Waals surface area contributed by atoms with Gasteiger partial charge in [-0.25, -0.2) is 9.59 Å². The van der Waals surface area contributed by atoms with Crippen molar-refractivity contribution in [3.63, 3.8) is 0 Å². The lowest BCUT2D eigenvalue weighted by atomic mass is 9.86. The summed E-state index contributed by atoms with van der Waals surface area (Å²) in [7, 11) is 2.43. The van der Waals surface area contributed by atoms with Gasteiger partial charge in [-0.1, -0.05) is 6.42 Å². The van der Waals surface area contributed by atoms with Gasteiger partial charge in [-0.2, -0.15) is 0 Å².